The van der Waals surface area contributed by atoms with Crippen LogP contribution in [0, 0.1) is 5.92 Å². The Kier molecular flexibility index (Phi) is 6.03. The molecule has 0 bridgehead atoms. The molecule has 23 heavy (non-hydrogen) atoms. The third kappa shape index (κ3) is 5.33. The Bertz CT molecular complexity index is 619. The van der Waals surface area contributed by atoms with E-state index in [1.165, 1.54) is 0 Å². The predicted molar refractivity (Wildman–Crippen MR) is 94.5 cm³/mol. The highest BCUT2D eigenvalue weighted by atomic mass is 16.5. The summed E-state index contributed by atoms with van der Waals surface area (Å²) in [5, 5.41) is 6.23. The molecule has 1 amide bonds. The van der Waals surface area contributed by atoms with E-state index in [9.17, 15) is 4.79 Å². The van der Waals surface area contributed by atoms with E-state index in [2.05, 4.69) is 24.5 Å². The van der Waals surface area contributed by atoms with Crippen LogP contribution in [0.3, 0.4) is 0 Å². The van der Waals surface area contributed by atoms with E-state index in [0.29, 0.717) is 18.0 Å². The Morgan fingerprint density at radius 3 is 2.09 bits per heavy atom. The lowest BCUT2D eigenvalue weighted by molar-refractivity contribution is 0.0952. The van der Waals surface area contributed by atoms with E-state index in [1.807, 2.05) is 48.5 Å². The molecule has 0 aromatic heterocycles. The average molecular weight is 312 g/mol. The number of rotatable bonds is 7. The minimum absolute atomic E-state index is 0.0263. The number of amides is 1. The maximum atomic E-state index is 12.0. The van der Waals surface area contributed by atoms with Gasteiger partial charge in [-0.05, 0) is 60.9 Å². The highest BCUT2D eigenvalue weighted by molar-refractivity contribution is 5.94. The SMILES string of the molecule is COc1ccc(Nc2ccc(C(=O)NCCC(C)C)cc2)cc1. The summed E-state index contributed by atoms with van der Waals surface area (Å²) >= 11 is 0. The van der Waals surface area contributed by atoms with Crippen LogP contribution in [0.2, 0.25) is 0 Å². The number of hydrogen-bond acceptors (Lipinski definition) is 3. The first-order valence-electron chi connectivity index (χ1n) is 7.88. The van der Waals surface area contributed by atoms with Crippen molar-refractivity contribution in [1.29, 1.82) is 0 Å². The summed E-state index contributed by atoms with van der Waals surface area (Å²) < 4.78 is 5.14. The molecule has 122 valence electrons. The zero-order chi connectivity index (χ0) is 16.7. The minimum Gasteiger partial charge on any atom is -0.497 e. The lowest BCUT2D eigenvalue weighted by Gasteiger charge is -2.09. The number of hydrogen-bond donors (Lipinski definition) is 2. The summed E-state index contributed by atoms with van der Waals surface area (Å²) in [7, 11) is 1.65. The van der Waals surface area contributed by atoms with Crippen LogP contribution in [-0.4, -0.2) is 19.6 Å². The number of benzene rings is 2. The van der Waals surface area contributed by atoms with Crippen LogP contribution in [-0.2, 0) is 0 Å². The van der Waals surface area contributed by atoms with Crippen molar-refractivity contribution in [3.8, 4) is 5.75 Å². The molecule has 0 aliphatic heterocycles. The van der Waals surface area contributed by atoms with Gasteiger partial charge in [0.25, 0.3) is 5.91 Å². The Morgan fingerprint density at radius 2 is 1.57 bits per heavy atom. The van der Waals surface area contributed by atoms with Gasteiger partial charge in [-0.25, -0.2) is 0 Å². The maximum Gasteiger partial charge on any atom is 0.251 e. The molecule has 4 nitrogen and oxygen atoms in total. The second kappa shape index (κ2) is 8.22. The van der Waals surface area contributed by atoms with E-state index < -0.39 is 0 Å². The summed E-state index contributed by atoms with van der Waals surface area (Å²) in [6.07, 6.45) is 0.989. The zero-order valence-corrected chi connectivity index (χ0v) is 13.9. The highest BCUT2D eigenvalue weighted by Crippen LogP contribution is 2.20. The number of anilines is 2. The molecule has 4 heteroatoms. The predicted octanol–water partition coefficient (Wildman–Crippen LogP) is 4.21. The third-order valence-electron chi connectivity index (χ3n) is 3.53. The molecule has 0 aliphatic rings. The number of carbonyl (C=O) groups is 1. The molecule has 2 aromatic rings. The lowest BCUT2D eigenvalue weighted by atomic mass is 10.1. The van der Waals surface area contributed by atoms with Gasteiger partial charge in [0.05, 0.1) is 7.11 Å². The van der Waals surface area contributed by atoms with E-state index in [4.69, 9.17) is 4.74 Å². The van der Waals surface area contributed by atoms with Crippen LogP contribution in [0.1, 0.15) is 30.6 Å². The smallest absolute Gasteiger partial charge is 0.251 e. The Hall–Kier alpha value is -2.49. The number of nitrogens with one attached hydrogen (secondary N) is 2. The monoisotopic (exact) mass is 312 g/mol. The summed E-state index contributed by atoms with van der Waals surface area (Å²) in [5.41, 5.74) is 2.59. The summed E-state index contributed by atoms with van der Waals surface area (Å²) in [6.45, 7) is 5.00. The van der Waals surface area contributed by atoms with Crippen molar-refractivity contribution in [3.05, 3.63) is 54.1 Å². The molecule has 0 unspecified atom stereocenters. The molecule has 0 saturated heterocycles. The minimum atomic E-state index is -0.0263. The molecular weight excluding hydrogens is 288 g/mol. The number of carbonyl (C=O) groups excluding carboxylic acids is 1. The molecule has 0 atom stereocenters. The molecule has 0 spiro atoms. The Labute approximate surface area is 137 Å². The van der Waals surface area contributed by atoms with Crippen molar-refractivity contribution < 1.29 is 9.53 Å². The zero-order valence-electron chi connectivity index (χ0n) is 13.9. The van der Waals surface area contributed by atoms with Crippen LogP contribution in [0.5, 0.6) is 5.75 Å². The molecule has 2 N–H and O–H groups in total. The van der Waals surface area contributed by atoms with E-state index in [-0.39, 0.29) is 5.91 Å². The summed E-state index contributed by atoms with van der Waals surface area (Å²) in [5.74, 6) is 1.39. The van der Waals surface area contributed by atoms with Crippen molar-refractivity contribution in [2.24, 2.45) is 5.92 Å². The van der Waals surface area contributed by atoms with Crippen LogP contribution >= 0.6 is 0 Å². The number of ether oxygens (including phenoxy) is 1. The fourth-order valence-electron chi connectivity index (χ4n) is 2.12. The van der Waals surface area contributed by atoms with Crippen molar-refractivity contribution in [2.75, 3.05) is 19.0 Å². The molecule has 0 saturated carbocycles. The van der Waals surface area contributed by atoms with Crippen LogP contribution in [0.25, 0.3) is 0 Å². The lowest BCUT2D eigenvalue weighted by Crippen LogP contribution is -2.25. The van der Waals surface area contributed by atoms with Crippen molar-refractivity contribution in [2.45, 2.75) is 20.3 Å². The molecule has 0 radical (unpaired) electrons. The molecule has 2 rings (SSSR count). The van der Waals surface area contributed by atoms with Crippen LogP contribution in [0.4, 0.5) is 11.4 Å². The first-order chi connectivity index (χ1) is 11.1. The van der Waals surface area contributed by atoms with E-state index in [1.54, 1.807) is 7.11 Å². The first-order valence-corrected chi connectivity index (χ1v) is 7.88. The second-order valence-electron chi connectivity index (χ2n) is 5.87. The summed E-state index contributed by atoms with van der Waals surface area (Å²) in [6, 6.07) is 15.2. The maximum absolute atomic E-state index is 12.0. The first kappa shape index (κ1) is 16.9. The second-order valence-corrected chi connectivity index (χ2v) is 5.87. The fraction of sp³-hybridized carbons (Fsp3) is 0.316. The molecule has 0 fully saturated rings. The van der Waals surface area contributed by atoms with Crippen molar-refractivity contribution in [1.82, 2.24) is 5.32 Å². The van der Waals surface area contributed by atoms with Gasteiger partial charge in [-0.2, -0.15) is 0 Å². The van der Waals surface area contributed by atoms with E-state index >= 15 is 0 Å². The normalized spacial score (nSPS) is 10.4. The van der Waals surface area contributed by atoms with Gasteiger partial charge in [-0.3, -0.25) is 4.79 Å². The fourth-order valence-corrected chi connectivity index (χ4v) is 2.12. The largest absolute Gasteiger partial charge is 0.497 e. The topological polar surface area (TPSA) is 50.4 Å². The third-order valence-corrected chi connectivity index (χ3v) is 3.53. The van der Waals surface area contributed by atoms with Gasteiger partial charge >= 0.3 is 0 Å². The van der Waals surface area contributed by atoms with Crippen LogP contribution < -0.4 is 15.4 Å². The standard InChI is InChI=1S/C19H24N2O2/c1-14(2)12-13-20-19(22)15-4-6-16(7-5-15)21-17-8-10-18(23-3)11-9-17/h4-11,14,21H,12-13H2,1-3H3,(H,20,22). The molecule has 0 heterocycles. The van der Waals surface area contributed by atoms with Crippen LogP contribution in [0.15, 0.2) is 48.5 Å². The highest BCUT2D eigenvalue weighted by Gasteiger charge is 2.05. The molecular formula is C19H24N2O2. The quantitative estimate of drug-likeness (QED) is 0.805. The van der Waals surface area contributed by atoms with Crippen molar-refractivity contribution >= 4 is 17.3 Å². The van der Waals surface area contributed by atoms with Gasteiger partial charge in [0.15, 0.2) is 0 Å². The molecule has 0 aliphatic carbocycles. The number of methoxy groups -OCH3 is 1. The van der Waals surface area contributed by atoms with Crippen molar-refractivity contribution in [3.63, 3.8) is 0 Å². The van der Waals surface area contributed by atoms with E-state index in [0.717, 1.165) is 23.5 Å². The Morgan fingerprint density at radius 1 is 1.00 bits per heavy atom. The van der Waals surface area contributed by atoms with Gasteiger partial charge in [0.2, 0.25) is 0 Å². The summed E-state index contributed by atoms with van der Waals surface area (Å²) in [4.78, 5) is 12.0. The van der Waals surface area contributed by atoms with Gasteiger partial charge in [-0.1, -0.05) is 13.8 Å². The van der Waals surface area contributed by atoms with Gasteiger partial charge in [0, 0.05) is 23.5 Å². The van der Waals surface area contributed by atoms with Gasteiger partial charge in [-0.15, -0.1) is 0 Å². The van der Waals surface area contributed by atoms with Gasteiger partial charge in [0.1, 0.15) is 5.75 Å². The van der Waals surface area contributed by atoms with Gasteiger partial charge < -0.3 is 15.4 Å². The molecule has 2 aromatic carbocycles. The Balaban J connectivity index is 1.91. The average Bonchev–Trinajstić information content (AvgIpc) is 2.56.